The van der Waals surface area contributed by atoms with Gasteiger partial charge < -0.3 is 5.73 Å². The molecule has 0 bridgehead atoms. The first kappa shape index (κ1) is 11.2. The van der Waals surface area contributed by atoms with Crippen LogP contribution in [0.3, 0.4) is 0 Å². The lowest BCUT2D eigenvalue weighted by Gasteiger charge is -2.27. The molecule has 0 spiro atoms. The Hall–Kier alpha value is -1.27. The van der Waals surface area contributed by atoms with Gasteiger partial charge in [-0.15, -0.1) is 11.3 Å². The molecule has 2 amide bonds. The zero-order chi connectivity index (χ0) is 11.7. The summed E-state index contributed by atoms with van der Waals surface area (Å²) in [5.41, 5.74) is 6.53. The highest BCUT2D eigenvalue weighted by Crippen LogP contribution is 2.17. The van der Waals surface area contributed by atoms with Gasteiger partial charge in [-0.05, 0) is 13.3 Å². The summed E-state index contributed by atoms with van der Waals surface area (Å²) in [7, 11) is 0. The van der Waals surface area contributed by atoms with E-state index in [9.17, 15) is 9.59 Å². The number of piperidine rings is 1. The Bertz CT molecular complexity index is 429. The number of aromatic nitrogens is 1. The van der Waals surface area contributed by atoms with Gasteiger partial charge in [0, 0.05) is 17.5 Å². The lowest BCUT2D eigenvalue weighted by atomic mass is 10.1. The molecule has 1 fully saturated rings. The van der Waals surface area contributed by atoms with Gasteiger partial charge in [-0.25, -0.2) is 4.98 Å². The molecule has 6 heteroatoms. The van der Waals surface area contributed by atoms with E-state index in [0.29, 0.717) is 12.8 Å². The Morgan fingerprint density at radius 2 is 2.38 bits per heavy atom. The number of aryl methyl sites for hydroxylation is 1. The quantitative estimate of drug-likeness (QED) is 0.759. The molecular weight excluding hydrogens is 226 g/mol. The molecule has 0 aromatic carbocycles. The molecule has 0 saturated carbocycles. The maximum atomic E-state index is 11.7. The second-order valence-electron chi connectivity index (χ2n) is 3.85. The van der Waals surface area contributed by atoms with E-state index in [2.05, 4.69) is 4.98 Å². The summed E-state index contributed by atoms with van der Waals surface area (Å²) in [4.78, 5) is 28.7. The molecule has 2 N–H and O–H groups in total. The maximum Gasteiger partial charge on any atom is 0.246 e. The maximum absolute atomic E-state index is 11.7. The second kappa shape index (κ2) is 4.31. The third-order valence-corrected chi connectivity index (χ3v) is 3.46. The monoisotopic (exact) mass is 239 g/mol. The Balaban J connectivity index is 2.13. The molecule has 2 heterocycles. The van der Waals surface area contributed by atoms with E-state index in [1.165, 1.54) is 16.2 Å². The topological polar surface area (TPSA) is 76.3 Å². The van der Waals surface area contributed by atoms with Crippen LogP contribution in [-0.2, 0) is 16.1 Å². The minimum Gasteiger partial charge on any atom is -0.320 e. The minimum absolute atomic E-state index is 0.153. The van der Waals surface area contributed by atoms with Crippen LogP contribution in [0, 0.1) is 6.92 Å². The zero-order valence-electron chi connectivity index (χ0n) is 8.97. The predicted molar refractivity (Wildman–Crippen MR) is 59.6 cm³/mol. The van der Waals surface area contributed by atoms with Crippen molar-refractivity contribution in [1.29, 1.82) is 0 Å². The number of hydrogen-bond donors (Lipinski definition) is 1. The molecule has 1 saturated heterocycles. The summed E-state index contributed by atoms with van der Waals surface area (Å²) in [6, 6.07) is -0.543. The fourth-order valence-electron chi connectivity index (χ4n) is 1.64. The first-order chi connectivity index (χ1) is 7.58. The second-order valence-corrected chi connectivity index (χ2v) is 4.79. The molecule has 1 atom stereocenters. The summed E-state index contributed by atoms with van der Waals surface area (Å²) < 4.78 is 0. The van der Waals surface area contributed by atoms with Crippen molar-refractivity contribution in [2.24, 2.45) is 5.73 Å². The average molecular weight is 239 g/mol. The molecule has 1 aliphatic heterocycles. The number of nitrogens with zero attached hydrogens (tertiary/aromatic N) is 2. The Kier molecular flexibility index (Phi) is 3.02. The molecule has 1 aromatic heterocycles. The number of thiazole rings is 1. The Morgan fingerprint density at radius 3 is 3.00 bits per heavy atom. The molecule has 1 unspecified atom stereocenters. The van der Waals surface area contributed by atoms with Gasteiger partial charge in [-0.3, -0.25) is 14.5 Å². The van der Waals surface area contributed by atoms with Gasteiger partial charge in [-0.1, -0.05) is 0 Å². The summed E-state index contributed by atoms with van der Waals surface area (Å²) in [5.74, 6) is -0.441. The number of imide groups is 1. The third-order valence-electron chi connectivity index (χ3n) is 2.51. The van der Waals surface area contributed by atoms with Crippen LogP contribution >= 0.6 is 11.3 Å². The van der Waals surface area contributed by atoms with Gasteiger partial charge in [-0.2, -0.15) is 0 Å². The van der Waals surface area contributed by atoms with E-state index in [-0.39, 0.29) is 18.4 Å². The smallest absolute Gasteiger partial charge is 0.246 e. The van der Waals surface area contributed by atoms with Crippen molar-refractivity contribution >= 4 is 23.2 Å². The molecule has 86 valence electrons. The van der Waals surface area contributed by atoms with Crippen molar-refractivity contribution in [2.45, 2.75) is 32.4 Å². The first-order valence-corrected chi connectivity index (χ1v) is 5.96. The number of hydrogen-bond acceptors (Lipinski definition) is 5. The SMILES string of the molecule is Cc1csc(CN2C(=O)CCC(N)C2=O)n1. The van der Waals surface area contributed by atoms with Crippen LogP contribution in [0.2, 0.25) is 0 Å². The van der Waals surface area contributed by atoms with Crippen LogP contribution in [-0.4, -0.2) is 27.7 Å². The molecule has 16 heavy (non-hydrogen) atoms. The van der Waals surface area contributed by atoms with E-state index in [0.717, 1.165) is 10.7 Å². The minimum atomic E-state index is -0.543. The molecule has 0 radical (unpaired) electrons. The first-order valence-electron chi connectivity index (χ1n) is 5.08. The molecular formula is C10H13N3O2S. The van der Waals surface area contributed by atoms with Crippen LogP contribution in [0.4, 0.5) is 0 Å². The lowest BCUT2D eigenvalue weighted by Crippen LogP contribution is -2.50. The molecule has 1 aliphatic rings. The van der Waals surface area contributed by atoms with Crippen LogP contribution in [0.15, 0.2) is 5.38 Å². The lowest BCUT2D eigenvalue weighted by molar-refractivity contribution is -0.149. The summed E-state index contributed by atoms with van der Waals surface area (Å²) in [6.07, 6.45) is 0.794. The van der Waals surface area contributed by atoms with Gasteiger partial charge in [0.05, 0.1) is 12.6 Å². The van der Waals surface area contributed by atoms with E-state index in [1.54, 1.807) is 0 Å². The van der Waals surface area contributed by atoms with E-state index >= 15 is 0 Å². The van der Waals surface area contributed by atoms with Crippen molar-refractivity contribution in [3.8, 4) is 0 Å². The fourth-order valence-corrected chi connectivity index (χ4v) is 2.40. The van der Waals surface area contributed by atoms with E-state index in [1.807, 2.05) is 12.3 Å². The number of carbonyl (C=O) groups is 2. The van der Waals surface area contributed by atoms with Gasteiger partial charge >= 0.3 is 0 Å². The van der Waals surface area contributed by atoms with Crippen molar-refractivity contribution in [2.75, 3.05) is 0 Å². The Labute approximate surface area is 97.3 Å². The molecule has 1 aromatic rings. The van der Waals surface area contributed by atoms with Crippen molar-refractivity contribution in [3.05, 3.63) is 16.1 Å². The molecule has 0 aliphatic carbocycles. The third kappa shape index (κ3) is 2.12. The van der Waals surface area contributed by atoms with Gasteiger partial charge in [0.2, 0.25) is 11.8 Å². The predicted octanol–water partition coefficient (Wildman–Crippen LogP) is 0.428. The van der Waals surface area contributed by atoms with Gasteiger partial charge in [0.1, 0.15) is 5.01 Å². The van der Waals surface area contributed by atoms with E-state index < -0.39 is 6.04 Å². The fraction of sp³-hybridized carbons (Fsp3) is 0.500. The number of amides is 2. The summed E-state index contributed by atoms with van der Waals surface area (Å²) >= 11 is 1.45. The van der Waals surface area contributed by atoms with Crippen molar-refractivity contribution < 1.29 is 9.59 Å². The number of rotatable bonds is 2. The summed E-state index contributed by atoms with van der Waals surface area (Å²) in [5, 5.41) is 2.67. The molecule has 2 rings (SSSR count). The van der Waals surface area contributed by atoms with Gasteiger partial charge in [0.15, 0.2) is 0 Å². The number of likely N-dealkylation sites (tertiary alicyclic amines) is 1. The highest BCUT2D eigenvalue weighted by molar-refractivity contribution is 7.09. The van der Waals surface area contributed by atoms with Gasteiger partial charge in [0.25, 0.3) is 0 Å². The highest BCUT2D eigenvalue weighted by atomic mass is 32.1. The standard InChI is InChI=1S/C10H13N3O2S/c1-6-5-16-8(12-6)4-13-9(14)3-2-7(11)10(13)15/h5,7H,2-4,11H2,1H3. The number of carbonyl (C=O) groups excluding carboxylic acids is 2. The zero-order valence-corrected chi connectivity index (χ0v) is 9.79. The highest BCUT2D eigenvalue weighted by Gasteiger charge is 2.32. The van der Waals surface area contributed by atoms with Crippen LogP contribution < -0.4 is 5.73 Å². The molecule has 5 nitrogen and oxygen atoms in total. The van der Waals surface area contributed by atoms with Crippen LogP contribution in [0.5, 0.6) is 0 Å². The largest absolute Gasteiger partial charge is 0.320 e. The van der Waals surface area contributed by atoms with Crippen LogP contribution in [0.1, 0.15) is 23.5 Å². The van der Waals surface area contributed by atoms with Crippen molar-refractivity contribution in [1.82, 2.24) is 9.88 Å². The summed E-state index contributed by atoms with van der Waals surface area (Å²) in [6.45, 7) is 2.13. The average Bonchev–Trinajstić information content (AvgIpc) is 2.65. The van der Waals surface area contributed by atoms with Crippen molar-refractivity contribution in [3.63, 3.8) is 0 Å². The normalized spacial score (nSPS) is 21.6. The Morgan fingerprint density at radius 1 is 1.62 bits per heavy atom. The van der Waals surface area contributed by atoms with E-state index in [4.69, 9.17) is 5.73 Å². The van der Waals surface area contributed by atoms with Crippen LogP contribution in [0.25, 0.3) is 0 Å². The number of nitrogens with two attached hydrogens (primary N) is 1.